The number of amides is 1. The molecule has 1 amide bonds. The van der Waals surface area contributed by atoms with Crippen LogP contribution in [0.5, 0.6) is 0 Å². The summed E-state index contributed by atoms with van der Waals surface area (Å²) in [6, 6.07) is 13.6. The van der Waals surface area contributed by atoms with Gasteiger partial charge in [-0.3, -0.25) is 4.79 Å². The number of carbonyl (C=O) groups is 1. The van der Waals surface area contributed by atoms with Gasteiger partial charge in [-0.2, -0.15) is 0 Å². The van der Waals surface area contributed by atoms with Crippen molar-refractivity contribution in [2.75, 3.05) is 6.54 Å². The molecule has 2 nitrogen and oxygen atoms in total. The predicted octanol–water partition coefficient (Wildman–Crippen LogP) is 4.37. The fourth-order valence-corrected chi connectivity index (χ4v) is 3.02. The van der Waals surface area contributed by atoms with E-state index in [0.717, 1.165) is 17.7 Å². The molecule has 2 aromatic rings. The van der Waals surface area contributed by atoms with E-state index < -0.39 is 11.6 Å². The lowest BCUT2D eigenvalue weighted by Gasteiger charge is -2.16. The van der Waals surface area contributed by atoms with Crippen molar-refractivity contribution >= 4 is 17.7 Å². The lowest BCUT2D eigenvalue weighted by atomic mass is 10.0. The summed E-state index contributed by atoms with van der Waals surface area (Å²) in [5.41, 5.74) is 1.16. The Morgan fingerprint density at radius 3 is 2.43 bits per heavy atom. The van der Waals surface area contributed by atoms with E-state index in [2.05, 4.69) is 5.32 Å². The van der Waals surface area contributed by atoms with Gasteiger partial charge in [0, 0.05) is 11.4 Å². The first-order valence-electron chi connectivity index (χ1n) is 7.41. The minimum atomic E-state index is -0.902. The molecule has 23 heavy (non-hydrogen) atoms. The highest BCUT2D eigenvalue weighted by Crippen LogP contribution is 2.25. The van der Waals surface area contributed by atoms with Crippen LogP contribution in [0, 0.1) is 11.6 Å². The molecule has 2 rings (SSSR count). The van der Waals surface area contributed by atoms with Crippen LogP contribution in [0.2, 0.25) is 0 Å². The second kappa shape index (κ2) is 8.11. The highest BCUT2D eigenvalue weighted by atomic mass is 32.2. The molecule has 122 valence electrons. The monoisotopic (exact) mass is 335 g/mol. The van der Waals surface area contributed by atoms with Gasteiger partial charge >= 0.3 is 0 Å². The molecule has 0 saturated heterocycles. The Hall–Kier alpha value is -1.88. The molecule has 0 aliphatic carbocycles. The number of thioether (sulfide) groups is 1. The quantitative estimate of drug-likeness (QED) is 0.795. The number of hydrogen-bond acceptors (Lipinski definition) is 2. The Bertz CT molecular complexity index is 663. The molecule has 0 spiro atoms. The summed E-state index contributed by atoms with van der Waals surface area (Å²) >= 11 is 1.20. The van der Waals surface area contributed by atoms with Gasteiger partial charge in [0.2, 0.25) is 5.91 Å². The third-order valence-electron chi connectivity index (χ3n) is 3.52. The zero-order valence-electron chi connectivity index (χ0n) is 13.1. The summed E-state index contributed by atoms with van der Waals surface area (Å²) in [6.45, 7) is 4.32. The van der Waals surface area contributed by atoms with E-state index >= 15 is 0 Å². The average Bonchev–Trinajstić information content (AvgIpc) is 2.56. The summed E-state index contributed by atoms with van der Waals surface area (Å²) in [7, 11) is 0. The molecule has 0 aliphatic rings. The van der Waals surface area contributed by atoms with Crippen molar-refractivity contribution in [3.63, 3.8) is 0 Å². The third kappa shape index (κ3) is 5.06. The van der Waals surface area contributed by atoms with Crippen LogP contribution in [0.3, 0.4) is 0 Å². The van der Waals surface area contributed by atoms with Crippen LogP contribution < -0.4 is 5.32 Å². The highest BCUT2D eigenvalue weighted by molar-refractivity contribution is 8.00. The molecular formula is C18H19F2NOS. The van der Waals surface area contributed by atoms with Gasteiger partial charge < -0.3 is 5.32 Å². The van der Waals surface area contributed by atoms with Gasteiger partial charge in [0.25, 0.3) is 0 Å². The molecule has 0 aliphatic heterocycles. The van der Waals surface area contributed by atoms with Crippen molar-refractivity contribution in [2.24, 2.45) is 0 Å². The molecular weight excluding hydrogens is 316 g/mol. The SMILES string of the molecule is C[C@H](Sc1ccc(F)c(F)c1)C(=O)NC[C@@H](C)c1ccccc1. The number of halogens is 2. The zero-order chi connectivity index (χ0) is 16.8. The van der Waals surface area contributed by atoms with Crippen molar-refractivity contribution in [3.8, 4) is 0 Å². The molecule has 1 N–H and O–H groups in total. The first-order chi connectivity index (χ1) is 11.0. The van der Waals surface area contributed by atoms with Crippen molar-refractivity contribution < 1.29 is 13.6 Å². The van der Waals surface area contributed by atoms with Crippen LogP contribution in [0.25, 0.3) is 0 Å². The smallest absolute Gasteiger partial charge is 0.233 e. The maximum atomic E-state index is 13.2. The first-order valence-corrected chi connectivity index (χ1v) is 8.29. The van der Waals surface area contributed by atoms with Crippen molar-refractivity contribution in [2.45, 2.75) is 29.9 Å². The van der Waals surface area contributed by atoms with E-state index in [0.29, 0.717) is 11.4 Å². The van der Waals surface area contributed by atoms with Crippen LogP contribution >= 0.6 is 11.8 Å². The lowest BCUT2D eigenvalue weighted by Crippen LogP contribution is -2.33. The highest BCUT2D eigenvalue weighted by Gasteiger charge is 2.16. The van der Waals surface area contributed by atoms with E-state index in [9.17, 15) is 13.6 Å². The van der Waals surface area contributed by atoms with Gasteiger partial charge in [-0.25, -0.2) is 8.78 Å². The molecule has 0 heterocycles. The summed E-state index contributed by atoms with van der Waals surface area (Å²) in [4.78, 5) is 12.7. The number of rotatable bonds is 6. The first kappa shape index (κ1) is 17.5. The van der Waals surface area contributed by atoms with E-state index in [-0.39, 0.29) is 17.1 Å². The zero-order valence-corrected chi connectivity index (χ0v) is 13.9. The van der Waals surface area contributed by atoms with Gasteiger partial charge in [0.15, 0.2) is 11.6 Å². The van der Waals surface area contributed by atoms with Gasteiger partial charge in [0.05, 0.1) is 5.25 Å². The summed E-state index contributed by atoms with van der Waals surface area (Å²) in [5, 5.41) is 2.51. The van der Waals surface area contributed by atoms with E-state index in [1.54, 1.807) is 6.92 Å². The lowest BCUT2D eigenvalue weighted by molar-refractivity contribution is -0.120. The molecule has 0 radical (unpaired) electrons. The molecule has 2 atom stereocenters. The molecule has 0 unspecified atom stereocenters. The van der Waals surface area contributed by atoms with Gasteiger partial charge in [0.1, 0.15) is 0 Å². The van der Waals surface area contributed by atoms with Gasteiger partial charge in [-0.15, -0.1) is 11.8 Å². The standard InChI is InChI=1S/C18H19F2NOS/c1-12(14-6-4-3-5-7-14)11-21-18(22)13(2)23-15-8-9-16(19)17(20)10-15/h3-10,12-13H,11H2,1-2H3,(H,21,22)/t12-,13+/m1/s1. The van der Waals surface area contributed by atoms with Crippen LogP contribution in [0.1, 0.15) is 25.3 Å². The summed E-state index contributed by atoms with van der Waals surface area (Å²) in [6.07, 6.45) is 0. The summed E-state index contributed by atoms with van der Waals surface area (Å²) in [5.74, 6) is -1.70. The third-order valence-corrected chi connectivity index (χ3v) is 4.62. The molecule has 5 heteroatoms. The maximum absolute atomic E-state index is 13.2. The van der Waals surface area contributed by atoms with Crippen LogP contribution in [-0.2, 0) is 4.79 Å². The van der Waals surface area contributed by atoms with Crippen molar-refractivity contribution in [1.82, 2.24) is 5.32 Å². The Kier molecular flexibility index (Phi) is 6.16. The minimum Gasteiger partial charge on any atom is -0.355 e. The molecule has 0 aromatic heterocycles. The van der Waals surface area contributed by atoms with Gasteiger partial charge in [-0.1, -0.05) is 37.3 Å². The van der Waals surface area contributed by atoms with E-state index in [1.165, 1.54) is 17.8 Å². The Labute approximate surface area is 139 Å². The molecule has 0 bridgehead atoms. The average molecular weight is 335 g/mol. The second-order valence-electron chi connectivity index (χ2n) is 5.39. The van der Waals surface area contributed by atoms with Crippen LogP contribution in [-0.4, -0.2) is 17.7 Å². The van der Waals surface area contributed by atoms with Crippen LogP contribution in [0.4, 0.5) is 8.78 Å². The topological polar surface area (TPSA) is 29.1 Å². The molecule has 2 aromatic carbocycles. The second-order valence-corrected chi connectivity index (χ2v) is 6.81. The fourth-order valence-electron chi connectivity index (χ4n) is 2.10. The van der Waals surface area contributed by atoms with Crippen LogP contribution in [0.15, 0.2) is 53.4 Å². The normalized spacial score (nSPS) is 13.4. The van der Waals surface area contributed by atoms with Crippen molar-refractivity contribution in [1.29, 1.82) is 0 Å². The predicted molar refractivity (Wildman–Crippen MR) is 89.5 cm³/mol. The molecule has 0 saturated carbocycles. The summed E-state index contributed by atoms with van der Waals surface area (Å²) < 4.78 is 26.1. The van der Waals surface area contributed by atoms with Crippen molar-refractivity contribution in [3.05, 3.63) is 65.7 Å². The van der Waals surface area contributed by atoms with E-state index in [4.69, 9.17) is 0 Å². The minimum absolute atomic E-state index is 0.123. The number of benzene rings is 2. The number of hydrogen-bond donors (Lipinski definition) is 1. The largest absolute Gasteiger partial charge is 0.355 e. The maximum Gasteiger partial charge on any atom is 0.233 e. The van der Waals surface area contributed by atoms with E-state index in [1.807, 2.05) is 37.3 Å². The molecule has 0 fully saturated rings. The fraction of sp³-hybridized carbons (Fsp3) is 0.278. The number of carbonyl (C=O) groups excluding carboxylic acids is 1. The van der Waals surface area contributed by atoms with Gasteiger partial charge in [-0.05, 0) is 36.6 Å². The number of nitrogens with one attached hydrogen (secondary N) is 1. The Morgan fingerprint density at radius 2 is 1.78 bits per heavy atom. The Balaban J connectivity index is 1.86. The Morgan fingerprint density at radius 1 is 1.09 bits per heavy atom.